The Morgan fingerprint density at radius 2 is 1.92 bits per heavy atom. The van der Waals surface area contributed by atoms with E-state index in [0.29, 0.717) is 29.0 Å². The molecule has 7 heteroatoms. The first kappa shape index (κ1) is 18.0. The lowest BCUT2D eigenvalue weighted by Crippen LogP contribution is -2.12. The number of anilines is 1. The van der Waals surface area contributed by atoms with Gasteiger partial charge in [-0.05, 0) is 30.7 Å². The molecule has 1 aromatic heterocycles. The van der Waals surface area contributed by atoms with Gasteiger partial charge in [0.05, 0.1) is 12.7 Å². The molecule has 0 unspecified atom stereocenters. The van der Waals surface area contributed by atoms with Crippen molar-refractivity contribution in [2.75, 3.05) is 18.2 Å². The first-order valence-electron chi connectivity index (χ1n) is 8.12. The SMILES string of the molecule is COc1ccccc1-c1nnc(SCCC(=O)Nc2ccccc2C)o1. The zero-order chi connectivity index (χ0) is 18.4. The summed E-state index contributed by atoms with van der Waals surface area (Å²) in [6, 6.07) is 15.1. The Morgan fingerprint density at radius 1 is 1.15 bits per heavy atom. The second kappa shape index (κ2) is 8.53. The maximum Gasteiger partial charge on any atom is 0.276 e. The number of nitrogens with zero attached hydrogens (tertiary/aromatic N) is 2. The molecular formula is C19H19N3O3S. The number of ether oxygens (including phenoxy) is 1. The van der Waals surface area contributed by atoms with E-state index in [1.165, 1.54) is 11.8 Å². The van der Waals surface area contributed by atoms with Crippen LogP contribution in [0, 0.1) is 6.92 Å². The highest BCUT2D eigenvalue weighted by molar-refractivity contribution is 7.99. The molecule has 1 N–H and O–H groups in total. The number of methoxy groups -OCH3 is 1. The van der Waals surface area contributed by atoms with Crippen molar-refractivity contribution in [1.29, 1.82) is 0 Å². The molecule has 3 aromatic rings. The monoisotopic (exact) mass is 369 g/mol. The van der Waals surface area contributed by atoms with Gasteiger partial charge in [-0.3, -0.25) is 4.79 Å². The van der Waals surface area contributed by atoms with Crippen LogP contribution < -0.4 is 10.1 Å². The number of amides is 1. The van der Waals surface area contributed by atoms with Gasteiger partial charge in [0.25, 0.3) is 11.1 Å². The van der Waals surface area contributed by atoms with Gasteiger partial charge in [-0.25, -0.2) is 0 Å². The minimum atomic E-state index is -0.0451. The molecule has 0 bridgehead atoms. The van der Waals surface area contributed by atoms with Crippen LogP contribution in [0.4, 0.5) is 5.69 Å². The highest BCUT2D eigenvalue weighted by Crippen LogP contribution is 2.30. The van der Waals surface area contributed by atoms with Gasteiger partial charge in [0, 0.05) is 17.9 Å². The van der Waals surface area contributed by atoms with E-state index >= 15 is 0 Å². The fourth-order valence-corrected chi connectivity index (χ4v) is 3.05. The van der Waals surface area contributed by atoms with Gasteiger partial charge in [0.15, 0.2) is 0 Å². The number of aromatic nitrogens is 2. The number of rotatable bonds is 7. The van der Waals surface area contributed by atoms with E-state index in [2.05, 4.69) is 15.5 Å². The van der Waals surface area contributed by atoms with E-state index in [0.717, 1.165) is 16.8 Å². The van der Waals surface area contributed by atoms with Crippen LogP contribution in [-0.2, 0) is 4.79 Å². The molecule has 3 rings (SSSR count). The van der Waals surface area contributed by atoms with E-state index < -0.39 is 0 Å². The van der Waals surface area contributed by atoms with Gasteiger partial charge < -0.3 is 14.5 Å². The number of hydrogen-bond acceptors (Lipinski definition) is 6. The molecule has 0 aliphatic rings. The van der Waals surface area contributed by atoms with Gasteiger partial charge in [0.1, 0.15) is 5.75 Å². The average Bonchev–Trinajstić information content (AvgIpc) is 3.12. The van der Waals surface area contributed by atoms with Crippen LogP contribution in [0.25, 0.3) is 11.5 Å². The first-order chi connectivity index (χ1) is 12.7. The molecule has 2 aromatic carbocycles. The molecule has 0 spiro atoms. The summed E-state index contributed by atoms with van der Waals surface area (Å²) in [6.45, 7) is 1.96. The van der Waals surface area contributed by atoms with Crippen molar-refractivity contribution in [3.8, 4) is 17.2 Å². The van der Waals surface area contributed by atoms with Gasteiger partial charge >= 0.3 is 0 Å². The van der Waals surface area contributed by atoms with Crippen LogP contribution in [0.1, 0.15) is 12.0 Å². The normalized spacial score (nSPS) is 10.5. The molecule has 0 aliphatic carbocycles. The summed E-state index contributed by atoms with van der Waals surface area (Å²) in [7, 11) is 1.60. The number of nitrogens with one attached hydrogen (secondary N) is 1. The lowest BCUT2D eigenvalue weighted by Gasteiger charge is -2.07. The van der Waals surface area contributed by atoms with Crippen LogP contribution in [-0.4, -0.2) is 29.0 Å². The van der Waals surface area contributed by atoms with Crippen LogP contribution in [0.15, 0.2) is 58.2 Å². The molecule has 1 amide bonds. The topological polar surface area (TPSA) is 77.2 Å². The van der Waals surface area contributed by atoms with Gasteiger partial charge in [-0.2, -0.15) is 0 Å². The van der Waals surface area contributed by atoms with E-state index in [1.54, 1.807) is 7.11 Å². The Balaban J connectivity index is 1.54. The summed E-state index contributed by atoms with van der Waals surface area (Å²) in [4.78, 5) is 12.1. The zero-order valence-electron chi connectivity index (χ0n) is 14.6. The van der Waals surface area contributed by atoms with E-state index in [4.69, 9.17) is 9.15 Å². The number of benzene rings is 2. The van der Waals surface area contributed by atoms with Gasteiger partial charge in [0.2, 0.25) is 5.91 Å². The number of carbonyl (C=O) groups is 1. The Bertz CT molecular complexity index is 895. The maximum absolute atomic E-state index is 12.1. The summed E-state index contributed by atoms with van der Waals surface area (Å²) in [6.07, 6.45) is 0.353. The minimum absolute atomic E-state index is 0.0451. The molecule has 0 atom stereocenters. The van der Waals surface area contributed by atoms with Crippen LogP contribution >= 0.6 is 11.8 Å². The Labute approximate surface area is 156 Å². The zero-order valence-corrected chi connectivity index (χ0v) is 15.4. The second-order valence-electron chi connectivity index (χ2n) is 5.53. The lowest BCUT2D eigenvalue weighted by molar-refractivity contribution is -0.115. The first-order valence-corrected chi connectivity index (χ1v) is 9.11. The van der Waals surface area contributed by atoms with Crippen LogP contribution in [0.2, 0.25) is 0 Å². The van der Waals surface area contributed by atoms with E-state index in [9.17, 15) is 4.79 Å². The third kappa shape index (κ3) is 4.43. The van der Waals surface area contributed by atoms with Gasteiger partial charge in [-0.15, -0.1) is 10.2 Å². The Kier molecular flexibility index (Phi) is 5.91. The molecule has 0 fully saturated rings. The second-order valence-corrected chi connectivity index (χ2v) is 6.58. The average molecular weight is 369 g/mol. The largest absolute Gasteiger partial charge is 0.496 e. The van der Waals surface area contributed by atoms with Crippen molar-refractivity contribution in [2.45, 2.75) is 18.6 Å². The summed E-state index contributed by atoms with van der Waals surface area (Å²) in [5.41, 5.74) is 2.61. The van der Waals surface area contributed by atoms with E-state index in [1.807, 2.05) is 55.5 Å². The van der Waals surface area contributed by atoms with Crippen molar-refractivity contribution < 1.29 is 13.9 Å². The fraction of sp³-hybridized carbons (Fsp3) is 0.211. The molecule has 26 heavy (non-hydrogen) atoms. The maximum atomic E-state index is 12.1. The molecular weight excluding hydrogens is 350 g/mol. The predicted molar refractivity (Wildman–Crippen MR) is 101 cm³/mol. The summed E-state index contributed by atoms with van der Waals surface area (Å²) >= 11 is 1.35. The highest BCUT2D eigenvalue weighted by atomic mass is 32.2. The van der Waals surface area contributed by atoms with Crippen molar-refractivity contribution in [2.24, 2.45) is 0 Å². The van der Waals surface area contributed by atoms with Crippen molar-refractivity contribution in [3.63, 3.8) is 0 Å². The number of para-hydroxylation sites is 2. The third-order valence-corrected chi connectivity index (χ3v) is 4.54. The molecule has 0 radical (unpaired) electrons. The Morgan fingerprint density at radius 3 is 2.73 bits per heavy atom. The third-order valence-electron chi connectivity index (χ3n) is 3.72. The summed E-state index contributed by atoms with van der Waals surface area (Å²) < 4.78 is 11.0. The van der Waals surface area contributed by atoms with E-state index in [-0.39, 0.29) is 5.91 Å². The van der Waals surface area contributed by atoms with Crippen molar-refractivity contribution in [3.05, 3.63) is 54.1 Å². The Hall–Kier alpha value is -2.80. The predicted octanol–water partition coefficient (Wildman–Crippen LogP) is 4.17. The van der Waals surface area contributed by atoms with Crippen molar-refractivity contribution in [1.82, 2.24) is 10.2 Å². The van der Waals surface area contributed by atoms with Crippen LogP contribution in [0.3, 0.4) is 0 Å². The molecule has 0 saturated heterocycles. The number of aryl methyl sites for hydroxylation is 1. The highest BCUT2D eigenvalue weighted by Gasteiger charge is 2.13. The van der Waals surface area contributed by atoms with Gasteiger partial charge in [-0.1, -0.05) is 42.1 Å². The molecule has 1 heterocycles. The molecule has 6 nitrogen and oxygen atoms in total. The number of hydrogen-bond donors (Lipinski definition) is 1. The molecule has 134 valence electrons. The number of carbonyl (C=O) groups excluding carboxylic acids is 1. The lowest BCUT2D eigenvalue weighted by atomic mass is 10.2. The number of thioether (sulfide) groups is 1. The quantitative estimate of drug-likeness (QED) is 0.630. The van der Waals surface area contributed by atoms with Crippen LogP contribution in [0.5, 0.6) is 5.75 Å². The van der Waals surface area contributed by atoms with Crippen molar-refractivity contribution >= 4 is 23.4 Å². The minimum Gasteiger partial charge on any atom is -0.496 e. The fourth-order valence-electron chi connectivity index (χ4n) is 2.36. The summed E-state index contributed by atoms with van der Waals surface area (Å²) in [5, 5.41) is 11.4. The smallest absolute Gasteiger partial charge is 0.276 e. The molecule has 0 aliphatic heterocycles. The molecule has 0 saturated carbocycles. The summed E-state index contributed by atoms with van der Waals surface area (Å²) in [5.74, 6) is 1.57. The standard InChI is InChI=1S/C19H19N3O3S/c1-13-7-3-5-9-15(13)20-17(23)11-12-26-19-22-21-18(25-19)14-8-4-6-10-16(14)24-2/h3-10H,11-12H2,1-2H3,(H,20,23).